The van der Waals surface area contributed by atoms with Gasteiger partial charge in [0.25, 0.3) is 0 Å². The van der Waals surface area contributed by atoms with Gasteiger partial charge in [-0.15, -0.1) is 0 Å². The van der Waals surface area contributed by atoms with Crippen LogP contribution in [0.15, 0.2) is 18.2 Å². The van der Waals surface area contributed by atoms with E-state index in [1.807, 2.05) is 0 Å². The SMILES string of the molecule is O=C(Cc1ccc(F)cc1F)NC1CCCCC1CO. The van der Waals surface area contributed by atoms with Crippen LogP contribution in [0.1, 0.15) is 31.2 Å². The standard InChI is InChI=1S/C15H19F2NO2/c16-12-6-5-10(13(17)8-12)7-15(20)18-14-4-2-1-3-11(14)9-19/h5-6,8,11,14,19H,1-4,7,9H2,(H,18,20). The summed E-state index contributed by atoms with van der Waals surface area (Å²) >= 11 is 0. The van der Waals surface area contributed by atoms with Crippen molar-refractivity contribution in [2.45, 2.75) is 38.1 Å². The van der Waals surface area contributed by atoms with Gasteiger partial charge >= 0.3 is 0 Å². The van der Waals surface area contributed by atoms with Gasteiger partial charge in [-0.1, -0.05) is 18.9 Å². The third-order valence-corrected chi connectivity index (χ3v) is 3.86. The lowest BCUT2D eigenvalue weighted by Crippen LogP contribution is -2.44. The molecule has 0 radical (unpaired) electrons. The molecule has 1 aromatic rings. The number of nitrogens with one attached hydrogen (secondary N) is 1. The second-order valence-electron chi connectivity index (χ2n) is 5.31. The van der Waals surface area contributed by atoms with Gasteiger partial charge in [0.15, 0.2) is 0 Å². The largest absolute Gasteiger partial charge is 0.396 e. The molecule has 3 nitrogen and oxygen atoms in total. The number of aliphatic hydroxyl groups is 1. The molecule has 0 bridgehead atoms. The van der Waals surface area contributed by atoms with Crippen molar-refractivity contribution in [1.29, 1.82) is 0 Å². The lowest BCUT2D eigenvalue weighted by molar-refractivity contribution is -0.121. The van der Waals surface area contributed by atoms with Crippen molar-refractivity contribution in [3.63, 3.8) is 0 Å². The van der Waals surface area contributed by atoms with Crippen LogP contribution in [0.25, 0.3) is 0 Å². The summed E-state index contributed by atoms with van der Waals surface area (Å²) in [6, 6.07) is 3.15. The Hall–Kier alpha value is -1.49. The minimum absolute atomic E-state index is 0.0511. The van der Waals surface area contributed by atoms with Crippen LogP contribution >= 0.6 is 0 Å². The minimum atomic E-state index is -0.706. The smallest absolute Gasteiger partial charge is 0.224 e. The van der Waals surface area contributed by atoms with Crippen molar-refractivity contribution in [1.82, 2.24) is 5.32 Å². The fourth-order valence-electron chi connectivity index (χ4n) is 2.71. The summed E-state index contributed by atoms with van der Waals surface area (Å²) in [7, 11) is 0. The number of halogens is 2. The van der Waals surface area contributed by atoms with E-state index < -0.39 is 11.6 Å². The van der Waals surface area contributed by atoms with E-state index in [0.29, 0.717) is 0 Å². The molecule has 0 aliphatic heterocycles. The zero-order chi connectivity index (χ0) is 14.5. The molecule has 2 N–H and O–H groups in total. The molecular weight excluding hydrogens is 264 g/mol. The van der Waals surface area contributed by atoms with E-state index in [9.17, 15) is 18.7 Å². The van der Waals surface area contributed by atoms with Crippen LogP contribution in [-0.2, 0) is 11.2 Å². The first-order valence-corrected chi connectivity index (χ1v) is 6.94. The molecule has 0 heterocycles. The number of rotatable bonds is 4. The third-order valence-electron chi connectivity index (χ3n) is 3.86. The highest BCUT2D eigenvalue weighted by atomic mass is 19.1. The first-order chi connectivity index (χ1) is 9.60. The minimum Gasteiger partial charge on any atom is -0.396 e. The molecule has 1 aliphatic rings. The summed E-state index contributed by atoms with van der Waals surface area (Å²) in [6.45, 7) is 0.0514. The number of amides is 1. The zero-order valence-corrected chi connectivity index (χ0v) is 11.2. The van der Waals surface area contributed by atoms with Gasteiger partial charge in [0.05, 0.1) is 6.42 Å². The van der Waals surface area contributed by atoms with Gasteiger partial charge < -0.3 is 10.4 Å². The highest BCUT2D eigenvalue weighted by Gasteiger charge is 2.25. The number of benzene rings is 1. The summed E-state index contributed by atoms with van der Waals surface area (Å²) in [5.74, 6) is -1.58. The lowest BCUT2D eigenvalue weighted by Gasteiger charge is -2.30. The van der Waals surface area contributed by atoms with Gasteiger partial charge in [-0.25, -0.2) is 8.78 Å². The molecule has 2 rings (SSSR count). The quantitative estimate of drug-likeness (QED) is 0.889. The number of hydrogen-bond donors (Lipinski definition) is 2. The monoisotopic (exact) mass is 283 g/mol. The van der Waals surface area contributed by atoms with Crippen molar-refractivity contribution in [3.8, 4) is 0 Å². The second-order valence-corrected chi connectivity index (χ2v) is 5.31. The van der Waals surface area contributed by atoms with Crippen LogP contribution < -0.4 is 5.32 Å². The Labute approximate surface area is 117 Å². The Morgan fingerprint density at radius 2 is 2.05 bits per heavy atom. The molecule has 20 heavy (non-hydrogen) atoms. The second kappa shape index (κ2) is 6.79. The highest BCUT2D eigenvalue weighted by Crippen LogP contribution is 2.24. The van der Waals surface area contributed by atoms with Gasteiger partial charge in [-0.05, 0) is 24.5 Å². The van der Waals surface area contributed by atoms with Gasteiger partial charge in [0.2, 0.25) is 5.91 Å². The average molecular weight is 283 g/mol. The van der Waals surface area contributed by atoms with Crippen molar-refractivity contribution >= 4 is 5.91 Å². The summed E-state index contributed by atoms with van der Waals surface area (Å²) in [6.07, 6.45) is 3.70. The molecule has 1 aromatic carbocycles. The van der Waals surface area contributed by atoms with Gasteiger partial charge in [-0.3, -0.25) is 4.79 Å². The van der Waals surface area contributed by atoms with E-state index in [-0.39, 0.29) is 36.5 Å². The van der Waals surface area contributed by atoms with Crippen LogP contribution in [0.2, 0.25) is 0 Å². The van der Waals surface area contributed by atoms with E-state index >= 15 is 0 Å². The highest BCUT2D eigenvalue weighted by molar-refractivity contribution is 5.78. The maximum Gasteiger partial charge on any atom is 0.224 e. The Morgan fingerprint density at radius 1 is 1.30 bits per heavy atom. The van der Waals surface area contributed by atoms with E-state index in [0.717, 1.165) is 37.8 Å². The van der Waals surface area contributed by atoms with E-state index in [4.69, 9.17) is 0 Å². The van der Waals surface area contributed by atoms with Gasteiger partial charge in [0, 0.05) is 24.6 Å². The Kier molecular flexibility index (Phi) is 5.06. The predicted molar refractivity (Wildman–Crippen MR) is 71.0 cm³/mol. The average Bonchev–Trinajstić information content (AvgIpc) is 2.42. The predicted octanol–water partition coefficient (Wildman–Crippen LogP) is 2.17. The number of carbonyl (C=O) groups is 1. The fraction of sp³-hybridized carbons (Fsp3) is 0.533. The summed E-state index contributed by atoms with van der Waals surface area (Å²) < 4.78 is 26.3. The van der Waals surface area contributed by atoms with Crippen molar-refractivity contribution in [2.24, 2.45) is 5.92 Å². The van der Waals surface area contributed by atoms with E-state index in [2.05, 4.69) is 5.32 Å². The van der Waals surface area contributed by atoms with Crippen LogP contribution in [0, 0.1) is 17.6 Å². The molecule has 110 valence electrons. The van der Waals surface area contributed by atoms with Crippen molar-refractivity contribution in [3.05, 3.63) is 35.4 Å². The Balaban J connectivity index is 1.94. The molecule has 1 fully saturated rings. The fourth-order valence-corrected chi connectivity index (χ4v) is 2.71. The van der Waals surface area contributed by atoms with Gasteiger partial charge in [-0.2, -0.15) is 0 Å². The number of hydrogen-bond acceptors (Lipinski definition) is 2. The summed E-state index contributed by atoms with van der Waals surface area (Å²) in [4.78, 5) is 11.9. The molecule has 2 atom stereocenters. The van der Waals surface area contributed by atoms with Crippen molar-refractivity contribution < 1.29 is 18.7 Å². The maximum atomic E-state index is 13.5. The molecule has 1 aliphatic carbocycles. The first kappa shape index (κ1) is 14.9. The molecule has 5 heteroatoms. The molecule has 2 unspecified atom stereocenters. The first-order valence-electron chi connectivity index (χ1n) is 6.94. The molecular formula is C15H19F2NO2. The molecule has 1 saturated carbocycles. The molecule has 0 aromatic heterocycles. The number of aliphatic hydroxyl groups excluding tert-OH is 1. The maximum absolute atomic E-state index is 13.5. The molecule has 0 saturated heterocycles. The number of carbonyl (C=O) groups excluding carboxylic acids is 1. The lowest BCUT2D eigenvalue weighted by atomic mass is 9.85. The van der Waals surface area contributed by atoms with Crippen LogP contribution in [0.3, 0.4) is 0 Å². The normalized spacial score (nSPS) is 22.6. The Morgan fingerprint density at radius 3 is 2.75 bits per heavy atom. The van der Waals surface area contributed by atoms with Crippen molar-refractivity contribution in [2.75, 3.05) is 6.61 Å². The topological polar surface area (TPSA) is 49.3 Å². The Bertz CT molecular complexity index is 479. The summed E-state index contributed by atoms with van der Waals surface area (Å²) in [5, 5.41) is 12.1. The van der Waals surface area contributed by atoms with Crippen LogP contribution in [0.5, 0.6) is 0 Å². The third kappa shape index (κ3) is 3.76. The van der Waals surface area contributed by atoms with E-state index in [1.165, 1.54) is 6.07 Å². The summed E-state index contributed by atoms with van der Waals surface area (Å²) in [5.41, 5.74) is 0.181. The zero-order valence-electron chi connectivity index (χ0n) is 11.2. The molecule has 0 spiro atoms. The van der Waals surface area contributed by atoms with Crippen LogP contribution in [0.4, 0.5) is 8.78 Å². The molecule has 1 amide bonds. The van der Waals surface area contributed by atoms with Crippen LogP contribution in [-0.4, -0.2) is 23.7 Å². The van der Waals surface area contributed by atoms with E-state index in [1.54, 1.807) is 0 Å². The van der Waals surface area contributed by atoms with Gasteiger partial charge in [0.1, 0.15) is 11.6 Å².